The average Bonchev–Trinajstić information content (AvgIpc) is 3.38. The predicted octanol–water partition coefficient (Wildman–Crippen LogP) is 4.81. The molecule has 8 nitrogen and oxygen atoms in total. The van der Waals surface area contributed by atoms with Gasteiger partial charge < -0.3 is 19.4 Å². The van der Waals surface area contributed by atoms with Crippen LogP contribution < -0.4 is 5.73 Å². The first-order chi connectivity index (χ1) is 14.5. The van der Waals surface area contributed by atoms with E-state index >= 15 is 0 Å². The molecule has 0 amide bonds. The van der Waals surface area contributed by atoms with Gasteiger partial charge in [0.25, 0.3) is 0 Å². The number of fused-ring (bicyclic) bond motifs is 1. The van der Waals surface area contributed by atoms with Crippen LogP contribution in [-0.2, 0) is 25.5 Å². The molecule has 0 aliphatic carbocycles. The second-order valence-electron chi connectivity index (χ2n) is 9.27. The van der Waals surface area contributed by atoms with Crippen LogP contribution in [0.2, 0.25) is 18.1 Å². The highest BCUT2D eigenvalue weighted by molar-refractivity contribution is 9.00. The lowest BCUT2D eigenvalue weighted by atomic mass is 10.2. The number of aromatic nitrogens is 4. The third kappa shape index (κ3) is 5.01. The Kier molecular flexibility index (Phi) is 6.85. The number of rotatable bonds is 6. The van der Waals surface area contributed by atoms with E-state index < -0.39 is 13.0 Å². The van der Waals surface area contributed by atoms with E-state index in [1.807, 2.05) is 4.57 Å². The lowest BCUT2D eigenvalue weighted by Gasteiger charge is -2.39. The molecule has 13 heteroatoms. The molecule has 0 saturated carbocycles. The van der Waals surface area contributed by atoms with E-state index in [2.05, 4.69) is 48.8 Å². The fraction of sp³-hybridized carbons (Fsp3) is 0.722. The van der Waals surface area contributed by atoms with E-state index in [9.17, 15) is 0 Å². The van der Waals surface area contributed by atoms with Crippen LogP contribution in [0.5, 0.6) is 0 Å². The summed E-state index contributed by atoms with van der Waals surface area (Å²) in [6.45, 7) is 11.7. The molecule has 0 bridgehead atoms. The fourth-order valence-corrected chi connectivity index (χ4v) is 13.6. The van der Waals surface area contributed by atoms with Gasteiger partial charge in [0.15, 0.2) is 24.5 Å². The second kappa shape index (κ2) is 8.86. The van der Waals surface area contributed by atoms with Crippen LogP contribution in [-0.4, -0.2) is 58.2 Å². The van der Waals surface area contributed by atoms with Gasteiger partial charge in [-0.05, 0) is 29.9 Å². The minimum absolute atomic E-state index is 0.0817. The van der Waals surface area contributed by atoms with E-state index in [-0.39, 0.29) is 23.5 Å². The molecule has 2 saturated heterocycles. The van der Waals surface area contributed by atoms with Gasteiger partial charge in [-0.1, -0.05) is 43.5 Å². The maximum Gasteiger partial charge on any atom is 0.192 e. The summed E-state index contributed by atoms with van der Waals surface area (Å²) in [7, 11) is -2.00. The smallest absolute Gasteiger partial charge is 0.192 e. The molecule has 2 aromatic rings. The van der Waals surface area contributed by atoms with Crippen molar-refractivity contribution in [3.63, 3.8) is 0 Å². The third-order valence-corrected chi connectivity index (χ3v) is 20.5. The molecule has 0 spiro atoms. The zero-order valence-electron chi connectivity index (χ0n) is 18.5. The number of hydrogen-bond donors (Lipinski definition) is 1. The molecular weight excluding hydrogens is 489 g/mol. The van der Waals surface area contributed by atoms with Crippen molar-refractivity contribution in [2.24, 2.45) is 0 Å². The van der Waals surface area contributed by atoms with Gasteiger partial charge in [0.2, 0.25) is 0 Å². The monoisotopic (exact) mass is 519 g/mol. The highest BCUT2D eigenvalue weighted by Gasteiger charge is 2.46. The molecule has 2 aromatic heterocycles. The van der Waals surface area contributed by atoms with Crippen molar-refractivity contribution in [1.29, 1.82) is 0 Å². The normalized spacial score (nSPS) is 26.7. The maximum absolute atomic E-state index is 6.80. The van der Waals surface area contributed by atoms with Gasteiger partial charge in [0.05, 0.1) is 19.0 Å². The van der Waals surface area contributed by atoms with Crippen LogP contribution in [0.4, 0.5) is 5.82 Å². The summed E-state index contributed by atoms with van der Waals surface area (Å²) in [5.41, 5.74) is 7.22. The molecule has 2 N–H and O–H groups in total. The van der Waals surface area contributed by atoms with Gasteiger partial charge in [-0.2, -0.15) is 0 Å². The second-order valence-corrected chi connectivity index (χ2v) is 24.8. The zero-order chi connectivity index (χ0) is 22.4. The Hall–Kier alpha value is -0.203. The van der Waals surface area contributed by atoms with Gasteiger partial charge in [0.1, 0.15) is 24.2 Å². The molecule has 2 aliphatic heterocycles. The Morgan fingerprint density at radius 3 is 2.68 bits per heavy atom. The summed E-state index contributed by atoms with van der Waals surface area (Å²) in [5, 5.41) is 0.100. The Morgan fingerprint density at radius 1 is 1.29 bits per heavy atom. The first-order valence-electron chi connectivity index (χ1n) is 10.3. The standard InChI is InChI=1S/C18H30N5O3PS3Si/c1-18(2,3)31(4,5)26-12-8-14(23-11-22-15-16(19)20-10-21-17(15)23)25-13(12)9-24-27(28)29-6-7-30-27/h10-14H,6-9H2,1-5H3,(H2,19,20,21)/t12-,13+,14+/m0/s1. The Bertz CT molecular complexity index is 991. The summed E-state index contributed by atoms with van der Waals surface area (Å²) < 4.78 is 19.6. The van der Waals surface area contributed by atoms with Crippen LogP contribution in [0.1, 0.15) is 33.4 Å². The number of ether oxygens (including phenoxy) is 1. The molecule has 2 aliphatic rings. The number of hydrogen-bond acceptors (Lipinski definition) is 10. The van der Waals surface area contributed by atoms with Crippen LogP contribution in [0.3, 0.4) is 0 Å². The minimum atomic E-state index is -2.00. The zero-order valence-corrected chi connectivity index (χ0v) is 22.8. The Balaban J connectivity index is 1.57. The first kappa shape index (κ1) is 23.9. The van der Waals surface area contributed by atoms with E-state index in [4.69, 9.17) is 31.2 Å². The van der Waals surface area contributed by atoms with Gasteiger partial charge in [-0.25, -0.2) is 15.0 Å². The SMILES string of the molecule is CC(C)(C)[Si](C)(C)O[C@H]1C[C@H](n2cnc3c(N)ncnc32)O[C@@H]1COP1(=S)SCCS1. The summed E-state index contributed by atoms with van der Waals surface area (Å²) >= 11 is 9.34. The van der Waals surface area contributed by atoms with Crippen molar-refractivity contribution >= 4 is 64.5 Å². The number of nitrogens with zero attached hydrogens (tertiary/aromatic N) is 4. The maximum atomic E-state index is 6.80. The van der Waals surface area contributed by atoms with Crippen LogP contribution in [0.25, 0.3) is 11.2 Å². The molecule has 0 radical (unpaired) electrons. The summed E-state index contributed by atoms with van der Waals surface area (Å²) in [4.78, 5) is 12.8. The predicted molar refractivity (Wildman–Crippen MR) is 135 cm³/mol. The molecule has 0 unspecified atom stereocenters. The molecule has 3 atom stereocenters. The summed E-state index contributed by atoms with van der Waals surface area (Å²) in [6, 6.07) is 0. The number of nitrogen functional groups attached to an aromatic ring is 1. The lowest BCUT2D eigenvalue weighted by molar-refractivity contribution is -0.0335. The van der Waals surface area contributed by atoms with Crippen LogP contribution >= 0.6 is 27.4 Å². The van der Waals surface area contributed by atoms with E-state index in [1.165, 1.54) is 6.33 Å². The number of imidazole rings is 1. The van der Waals surface area contributed by atoms with Gasteiger partial charge >= 0.3 is 0 Å². The van der Waals surface area contributed by atoms with Crippen molar-refractivity contribution in [3.05, 3.63) is 12.7 Å². The first-order valence-corrected chi connectivity index (χ1v) is 19.1. The number of anilines is 1. The van der Waals surface area contributed by atoms with Crippen LogP contribution in [0, 0.1) is 0 Å². The summed E-state index contributed by atoms with van der Waals surface area (Å²) in [5.74, 6) is 2.48. The highest BCUT2D eigenvalue weighted by Crippen LogP contribution is 2.74. The quantitative estimate of drug-likeness (QED) is 0.423. The molecule has 0 aromatic carbocycles. The van der Waals surface area contributed by atoms with Crippen molar-refractivity contribution in [2.45, 2.75) is 63.8 Å². The molecule has 172 valence electrons. The van der Waals surface area contributed by atoms with E-state index in [0.717, 1.165) is 11.5 Å². The Morgan fingerprint density at radius 2 is 2.00 bits per heavy atom. The topological polar surface area (TPSA) is 97.3 Å². The molecule has 4 rings (SSSR count). The largest absolute Gasteiger partial charge is 0.411 e. The molecule has 31 heavy (non-hydrogen) atoms. The molecule has 2 fully saturated rings. The van der Waals surface area contributed by atoms with Crippen molar-refractivity contribution in [1.82, 2.24) is 19.5 Å². The van der Waals surface area contributed by atoms with E-state index in [0.29, 0.717) is 30.0 Å². The summed E-state index contributed by atoms with van der Waals surface area (Å²) in [6.07, 6.45) is 3.33. The minimum Gasteiger partial charge on any atom is -0.411 e. The lowest BCUT2D eigenvalue weighted by Crippen LogP contribution is -2.46. The fourth-order valence-electron chi connectivity index (χ4n) is 3.36. The highest BCUT2D eigenvalue weighted by atomic mass is 33.2. The average molecular weight is 520 g/mol. The third-order valence-electron chi connectivity index (χ3n) is 6.11. The van der Waals surface area contributed by atoms with Crippen LogP contribution in [0.15, 0.2) is 12.7 Å². The van der Waals surface area contributed by atoms with Gasteiger partial charge in [-0.15, -0.1) is 0 Å². The Labute approximate surface area is 197 Å². The van der Waals surface area contributed by atoms with E-state index in [1.54, 1.807) is 29.1 Å². The molecule has 4 heterocycles. The van der Waals surface area contributed by atoms with Crippen molar-refractivity contribution in [3.8, 4) is 0 Å². The van der Waals surface area contributed by atoms with Gasteiger partial charge in [0, 0.05) is 17.9 Å². The van der Waals surface area contributed by atoms with Crippen molar-refractivity contribution < 1.29 is 13.7 Å². The van der Waals surface area contributed by atoms with Gasteiger partial charge in [-0.3, -0.25) is 4.57 Å². The molecular formula is C18H30N5O3PS3Si. The van der Waals surface area contributed by atoms with Crippen molar-refractivity contribution in [2.75, 3.05) is 23.8 Å². The number of nitrogens with two attached hydrogens (primary N) is 1.